The fourth-order valence-corrected chi connectivity index (χ4v) is 5.04. The minimum Gasteiger partial charge on any atom is -0.507 e. The molecule has 9 nitrogen and oxygen atoms in total. The SMILES string of the molecule is COC(=O)c1[nH]c(C)c(/C(O)=C2\C(=O)C(=O)N(CCCN3CCOCC3)[C@H]2c2ccc(C)cc2)c1C. The van der Waals surface area contributed by atoms with Gasteiger partial charge in [-0.1, -0.05) is 29.8 Å². The molecule has 0 unspecified atom stereocenters. The zero-order chi connectivity index (χ0) is 26.0. The number of carbonyl (C=O) groups is 3. The van der Waals surface area contributed by atoms with Gasteiger partial charge in [0.1, 0.15) is 11.5 Å². The Hall–Kier alpha value is -3.43. The summed E-state index contributed by atoms with van der Waals surface area (Å²) < 4.78 is 10.2. The van der Waals surface area contributed by atoms with Crippen molar-refractivity contribution < 1.29 is 29.0 Å². The lowest BCUT2D eigenvalue weighted by Crippen LogP contribution is -2.38. The second-order valence-corrected chi connectivity index (χ2v) is 9.33. The third kappa shape index (κ3) is 4.81. The van der Waals surface area contributed by atoms with Crippen molar-refractivity contribution in [3.63, 3.8) is 0 Å². The number of Topliss-reactive ketones (excluding diaryl/α,β-unsaturated/α-hetero) is 1. The average Bonchev–Trinajstić information content (AvgIpc) is 3.31. The number of esters is 1. The lowest BCUT2D eigenvalue weighted by atomic mass is 9.93. The van der Waals surface area contributed by atoms with Gasteiger partial charge in [-0.25, -0.2) is 4.79 Å². The van der Waals surface area contributed by atoms with Crippen LogP contribution in [0.25, 0.3) is 5.76 Å². The Bertz CT molecular complexity index is 1190. The van der Waals surface area contributed by atoms with Crippen molar-refractivity contribution in [2.45, 2.75) is 33.2 Å². The van der Waals surface area contributed by atoms with E-state index in [9.17, 15) is 19.5 Å². The number of benzene rings is 1. The largest absolute Gasteiger partial charge is 0.507 e. The van der Waals surface area contributed by atoms with Gasteiger partial charge in [0.2, 0.25) is 0 Å². The molecule has 0 saturated carbocycles. The van der Waals surface area contributed by atoms with Crippen molar-refractivity contribution in [1.29, 1.82) is 0 Å². The highest BCUT2D eigenvalue weighted by atomic mass is 16.5. The van der Waals surface area contributed by atoms with Crippen molar-refractivity contribution in [2.24, 2.45) is 0 Å². The predicted octanol–water partition coefficient (Wildman–Crippen LogP) is 2.87. The average molecular weight is 496 g/mol. The molecule has 2 saturated heterocycles. The number of nitrogens with zero attached hydrogens (tertiary/aromatic N) is 2. The van der Waals surface area contributed by atoms with Crippen LogP contribution in [0.15, 0.2) is 29.8 Å². The first-order valence-corrected chi connectivity index (χ1v) is 12.2. The maximum Gasteiger partial charge on any atom is 0.354 e. The first-order chi connectivity index (χ1) is 17.2. The van der Waals surface area contributed by atoms with Gasteiger partial charge in [-0.05, 0) is 38.3 Å². The molecule has 1 atom stereocenters. The first-order valence-electron chi connectivity index (χ1n) is 12.2. The van der Waals surface area contributed by atoms with E-state index in [0.29, 0.717) is 43.0 Å². The monoisotopic (exact) mass is 495 g/mol. The number of aliphatic hydroxyl groups is 1. The topological polar surface area (TPSA) is 112 Å². The van der Waals surface area contributed by atoms with Gasteiger partial charge in [0, 0.05) is 37.4 Å². The Labute approximate surface area is 210 Å². The van der Waals surface area contributed by atoms with E-state index < -0.39 is 23.7 Å². The summed E-state index contributed by atoms with van der Waals surface area (Å²) in [5.41, 5.74) is 3.30. The number of nitrogens with one attached hydrogen (secondary N) is 1. The number of hydrogen-bond donors (Lipinski definition) is 2. The fourth-order valence-electron chi connectivity index (χ4n) is 5.04. The number of ether oxygens (including phenoxy) is 2. The Morgan fingerprint density at radius 3 is 2.42 bits per heavy atom. The molecule has 2 fully saturated rings. The number of aromatic amines is 1. The molecule has 0 spiro atoms. The molecule has 2 aromatic rings. The van der Waals surface area contributed by atoms with Crippen molar-refractivity contribution in [3.8, 4) is 0 Å². The lowest BCUT2D eigenvalue weighted by molar-refractivity contribution is -0.140. The third-order valence-corrected chi connectivity index (χ3v) is 6.97. The molecular formula is C27H33N3O6. The number of amides is 1. The zero-order valence-electron chi connectivity index (χ0n) is 21.2. The van der Waals surface area contributed by atoms with E-state index in [1.54, 1.807) is 18.7 Å². The van der Waals surface area contributed by atoms with Gasteiger partial charge in [0.05, 0.1) is 31.9 Å². The summed E-state index contributed by atoms with van der Waals surface area (Å²) in [7, 11) is 1.28. The number of aliphatic hydroxyl groups excluding tert-OH is 1. The lowest BCUT2D eigenvalue weighted by Gasteiger charge is -2.29. The number of aryl methyl sites for hydroxylation is 2. The zero-order valence-corrected chi connectivity index (χ0v) is 21.2. The second kappa shape index (κ2) is 10.7. The van der Waals surface area contributed by atoms with Gasteiger partial charge in [-0.3, -0.25) is 14.5 Å². The molecule has 36 heavy (non-hydrogen) atoms. The first kappa shape index (κ1) is 25.7. The van der Waals surface area contributed by atoms with Crippen LogP contribution in [0, 0.1) is 20.8 Å². The number of likely N-dealkylation sites (tertiary alicyclic amines) is 1. The van der Waals surface area contributed by atoms with Crippen LogP contribution in [0.1, 0.15) is 50.9 Å². The van der Waals surface area contributed by atoms with Gasteiger partial charge < -0.3 is 24.5 Å². The third-order valence-electron chi connectivity index (χ3n) is 6.97. The smallest absolute Gasteiger partial charge is 0.354 e. The predicted molar refractivity (Wildman–Crippen MR) is 134 cm³/mol. The molecule has 0 aliphatic carbocycles. The van der Waals surface area contributed by atoms with Crippen LogP contribution in [-0.2, 0) is 19.1 Å². The number of methoxy groups -OCH3 is 1. The minimum absolute atomic E-state index is 0.0249. The fraction of sp³-hybridized carbons (Fsp3) is 0.444. The number of morpholine rings is 1. The molecule has 3 heterocycles. The molecule has 0 bridgehead atoms. The van der Waals surface area contributed by atoms with Gasteiger partial charge in [0.25, 0.3) is 11.7 Å². The highest BCUT2D eigenvalue weighted by molar-refractivity contribution is 6.46. The van der Waals surface area contributed by atoms with E-state index in [1.807, 2.05) is 31.2 Å². The Morgan fingerprint density at radius 2 is 1.78 bits per heavy atom. The molecule has 0 radical (unpaired) electrons. The van der Waals surface area contributed by atoms with Gasteiger partial charge in [-0.2, -0.15) is 0 Å². The number of H-pyrrole nitrogens is 1. The summed E-state index contributed by atoms with van der Waals surface area (Å²) in [6, 6.07) is 6.87. The standard InChI is InChI=1S/C27H33N3O6/c1-16-6-8-19(9-7-16)23-21(24(31)20-17(2)22(27(34)35-4)28-18(20)3)25(32)26(33)30(23)11-5-10-29-12-14-36-15-13-29/h6-9,23,28,31H,5,10-15H2,1-4H3/b24-21+/t23-/m0/s1. The van der Waals surface area contributed by atoms with E-state index in [4.69, 9.17) is 9.47 Å². The van der Waals surface area contributed by atoms with E-state index >= 15 is 0 Å². The second-order valence-electron chi connectivity index (χ2n) is 9.33. The molecule has 9 heteroatoms. The van der Waals surface area contributed by atoms with E-state index in [-0.39, 0.29) is 17.0 Å². The number of ketones is 1. The molecule has 2 aliphatic rings. The summed E-state index contributed by atoms with van der Waals surface area (Å²) >= 11 is 0. The number of aromatic nitrogens is 1. The van der Waals surface area contributed by atoms with Crippen LogP contribution in [0.3, 0.4) is 0 Å². The van der Waals surface area contributed by atoms with Crippen LogP contribution >= 0.6 is 0 Å². The van der Waals surface area contributed by atoms with Crippen LogP contribution in [0.4, 0.5) is 0 Å². The molecule has 1 aromatic heterocycles. The number of hydrogen-bond acceptors (Lipinski definition) is 7. The van der Waals surface area contributed by atoms with Crippen LogP contribution in [0.2, 0.25) is 0 Å². The maximum atomic E-state index is 13.3. The molecule has 2 N–H and O–H groups in total. The van der Waals surface area contributed by atoms with Crippen molar-refractivity contribution in [1.82, 2.24) is 14.8 Å². The van der Waals surface area contributed by atoms with Crippen molar-refractivity contribution in [3.05, 3.63) is 63.5 Å². The van der Waals surface area contributed by atoms with E-state index in [1.165, 1.54) is 7.11 Å². The van der Waals surface area contributed by atoms with Crippen LogP contribution < -0.4 is 0 Å². The molecule has 4 rings (SSSR count). The van der Waals surface area contributed by atoms with Crippen molar-refractivity contribution in [2.75, 3.05) is 46.5 Å². The molecule has 2 aliphatic heterocycles. The van der Waals surface area contributed by atoms with Gasteiger partial charge >= 0.3 is 5.97 Å². The van der Waals surface area contributed by atoms with Gasteiger partial charge in [-0.15, -0.1) is 0 Å². The minimum atomic E-state index is -0.732. The quantitative estimate of drug-likeness (QED) is 0.263. The Kier molecular flexibility index (Phi) is 7.61. The highest BCUT2D eigenvalue weighted by Gasteiger charge is 2.46. The highest BCUT2D eigenvalue weighted by Crippen LogP contribution is 2.41. The molecule has 1 amide bonds. The molecular weight excluding hydrogens is 462 g/mol. The summed E-state index contributed by atoms with van der Waals surface area (Å²) in [6.07, 6.45) is 0.685. The summed E-state index contributed by atoms with van der Waals surface area (Å²) in [6.45, 7) is 9.56. The van der Waals surface area contributed by atoms with Crippen LogP contribution in [0.5, 0.6) is 0 Å². The Balaban J connectivity index is 1.74. The molecule has 192 valence electrons. The number of rotatable bonds is 7. The summed E-state index contributed by atoms with van der Waals surface area (Å²) in [4.78, 5) is 45.5. The van der Waals surface area contributed by atoms with Crippen molar-refractivity contribution >= 4 is 23.4 Å². The maximum absolute atomic E-state index is 13.3. The van der Waals surface area contributed by atoms with E-state index in [0.717, 1.165) is 30.8 Å². The summed E-state index contributed by atoms with van der Waals surface area (Å²) in [5.74, 6) is -2.24. The molecule has 1 aromatic carbocycles. The van der Waals surface area contributed by atoms with Crippen LogP contribution in [-0.4, -0.2) is 84.1 Å². The number of carbonyl (C=O) groups excluding carboxylic acids is 3. The Morgan fingerprint density at radius 1 is 1.11 bits per heavy atom. The normalized spacial score (nSPS) is 20.2. The van der Waals surface area contributed by atoms with Gasteiger partial charge in [0.15, 0.2) is 0 Å². The summed E-state index contributed by atoms with van der Waals surface area (Å²) in [5, 5.41) is 11.5. The van der Waals surface area contributed by atoms with E-state index in [2.05, 4.69) is 9.88 Å².